The second-order valence-corrected chi connectivity index (χ2v) is 9.46. The fraction of sp³-hybridized carbons (Fsp3) is 0.750. The van der Waals surface area contributed by atoms with E-state index < -0.39 is 17.5 Å². The van der Waals surface area contributed by atoms with Crippen molar-refractivity contribution in [1.82, 2.24) is 15.3 Å². The molecule has 28 heavy (non-hydrogen) atoms. The predicted octanol–water partition coefficient (Wildman–Crippen LogP) is 2.75. The summed E-state index contributed by atoms with van der Waals surface area (Å²) in [5.74, 6) is -1.19. The Morgan fingerprint density at radius 1 is 1.14 bits per heavy atom. The molecule has 0 unspecified atom stereocenters. The summed E-state index contributed by atoms with van der Waals surface area (Å²) >= 11 is 0. The van der Waals surface area contributed by atoms with Gasteiger partial charge in [-0.2, -0.15) is 4.98 Å². The Balaban J connectivity index is 1.24. The number of aromatic amines is 1. The van der Waals surface area contributed by atoms with Crippen molar-refractivity contribution in [1.29, 1.82) is 0 Å². The molecule has 152 valence electrons. The normalized spacial score (nSPS) is 35.4. The van der Waals surface area contributed by atoms with Gasteiger partial charge in [-0.05, 0) is 56.3 Å². The number of halogens is 2. The molecule has 0 radical (unpaired) electrons. The maximum Gasteiger partial charge on any atom is 0.348 e. The Bertz CT molecular complexity index is 810. The fourth-order valence-electron chi connectivity index (χ4n) is 6.41. The zero-order chi connectivity index (χ0) is 19.5. The molecule has 6 rings (SSSR count). The van der Waals surface area contributed by atoms with E-state index in [0.717, 1.165) is 19.3 Å². The molecule has 0 aromatic carbocycles. The van der Waals surface area contributed by atoms with Crippen LogP contribution in [0.1, 0.15) is 62.8 Å². The number of ether oxygens (including phenoxy) is 1. The number of rotatable bonds is 5. The van der Waals surface area contributed by atoms with E-state index in [0.29, 0.717) is 23.3 Å². The number of H-pyrrole nitrogens is 1. The molecule has 1 aromatic heterocycles. The van der Waals surface area contributed by atoms with Gasteiger partial charge in [0, 0.05) is 36.1 Å². The molecular weight excluding hydrogens is 368 g/mol. The lowest BCUT2D eigenvalue weighted by Crippen LogP contribution is -2.60. The first kappa shape index (κ1) is 18.1. The van der Waals surface area contributed by atoms with Gasteiger partial charge in [-0.3, -0.25) is 4.79 Å². The maximum absolute atomic E-state index is 13.2. The number of aromatic nitrogens is 2. The van der Waals surface area contributed by atoms with Crippen molar-refractivity contribution in [3.63, 3.8) is 0 Å². The van der Waals surface area contributed by atoms with E-state index in [-0.39, 0.29) is 36.8 Å². The summed E-state index contributed by atoms with van der Waals surface area (Å²) in [6.07, 6.45) is 7.77. The highest BCUT2D eigenvalue weighted by Gasteiger charge is 2.51. The average molecular weight is 393 g/mol. The molecule has 5 fully saturated rings. The minimum absolute atomic E-state index is 0.00934. The molecule has 2 N–H and O–H groups in total. The minimum Gasteiger partial charge on any atom is -0.467 e. The highest BCUT2D eigenvalue weighted by Crippen LogP contribution is 2.55. The van der Waals surface area contributed by atoms with Crippen LogP contribution in [-0.2, 0) is 4.79 Å². The van der Waals surface area contributed by atoms with E-state index in [1.807, 2.05) is 0 Å². The number of carbonyl (C=O) groups is 1. The number of nitrogens with zero attached hydrogens (tertiary/aromatic N) is 1. The Kier molecular flexibility index (Phi) is 4.04. The van der Waals surface area contributed by atoms with Crippen LogP contribution in [0.3, 0.4) is 0 Å². The molecule has 8 heteroatoms. The van der Waals surface area contributed by atoms with Gasteiger partial charge in [0.2, 0.25) is 11.8 Å². The van der Waals surface area contributed by atoms with E-state index in [4.69, 9.17) is 4.74 Å². The number of nitrogens with one attached hydrogen (secondary N) is 2. The first-order valence-corrected chi connectivity index (χ1v) is 10.2. The van der Waals surface area contributed by atoms with Gasteiger partial charge in [-0.1, -0.05) is 0 Å². The highest BCUT2D eigenvalue weighted by atomic mass is 19.3. The number of alkyl halides is 2. The van der Waals surface area contributed by atoms with Crippen molar-refractivity contribution in [2.45, 2.75) is 68.7 Å². The molecule has 0 aliphatic heterocycles. The molecule has 6 nitrogen and oxygen atoms in total. The van der Waals surface area contributed by atoms with Crippen molar-refractivity contribution in [2.75, 3.05) is 6.61 Å². The SMILES string of the molecule is O=C(COc1nc(=O)[nH]cc1C1CC(F)(F)C1)NC12CC3CC(CC(C3)C1)C2. The van der Waals surface area contributed by atoms with Crippen molar-refractivity contribution < 1.29 is 18.3 Å². The van der Waals surface area contributed by atoms with Crippen LogP contribution in [0, 0.1) is 17.8 Å². The zero-order valence-electron chi connectivity index (χ0n) is 15.7. The molecule has 1 heterocycles. The molecule has 1 amide bonds. The van der Waals surface area contributed by atoms with E-state index >= 15 is 0 Å². The van der Waals surface area contributed by atoms with E-state index in [1.54, 1.807) is 0 Å². The third-order valence-electron chi connectivity index (χ3n) is 7.11. The molecular formula is C20H25F2N3O3. The second-order valence-electron chi connectivity index (χ2n) is 9.46. The second kappa shape index (κ2) is 6.26. The molecule has 4 bridgehead atoms. The first-order valence-electron chi connectivity index (χ1n) is 10.2. The molecule has 0 spiro atoms. The van der Waals surface area contributed by atoms with Gasteiger partial charge in [-0.25, -0.2) is 13.6 Å². The van der Waals surface area contributed by atoms with Crippen LogP contribution in [0.25, 0.3) is 0 Å². The summed E-state index contributed by atoms with van der Waals surface area (Å²) in [5, 5.41) is 3.20. The van der Waals surface area contributed by atoms with Crippen LogP contribution in [0.4, 0.5) is 8.78 Å². The van der Waals surface area contributed by atoms with Gasteiger partial charge in [0.15, 0.2) is 6.61 Å². The van der Waals surface area contributed by atoms with Crippen LogP contribution >= 0.6 is 0 Å². The highest BCUT2D eigenvalue weighted by molar-refractivity contribution is 5.78. The minimum atomic E-state index is -2.69. The lowest BCUT2D eigenvalue weighted by Gasteiger charge is -2.56. The largest absolute Gasteiger partial charge is 0.467 e. The Labute approximate surface area is 161 Å². The summed E-state index contributed by atoms with van der Waals surface area (Å²) < 4.78 is 32.0. The van der Waals surface area contributed by atoms with Gasteiger partial charge < -0.3 is 15.0 Å². The van der Waals surface area contributed by atoms with Gasteiger partial charge >= 0.3 is 5.69 Å². The van der Waals surface area contributed by atoms with Crippen LogP contribution in [0.2, 0.25) is 0 Å². The van der Waals surface area contributed by atoms with Crippen LogP contribution < -0.4 is 15.7 Å². The lowest BCUT2D eigenvalue weighted by molar-refractivity contribution is -0.129. The van der Waals surface area contributed by atoms with Crippen molar-refractivity contribution in [2.24, 2.45) is 17.8 Å². The Morgan fingerprint density at radius 2 is 1.75 bits per heavy atom. The number of carbonyl (C=O) groups excluding carboxylic acids is 1. The fourth-order valence-corrected chi connectivity index (χ4v) is 6.41. The molecule has 5 aliphatic rings. The first-order chi connectivity index (χ1) is 13.3. The van der Waals surface area contributed by atoms with E-state index in [2.05, 4.69) is 15.3 Å². The van der Waals surface area contributed by atoms with Gasteiger partial charge in [-0.15, -0.1) is 0 Å². The average Bonchev–Trinajstić information content (AvgIpc) is 2.56. The van der Waals surface area contributed by atoms with Crippen molar-refractivity contribution in [3.05, 3.63) is 22.2 Å². The monoisotopic (exact) mass is 393 g/mol. The maximum atomic E-state index is 13.2. The third-order valence-corrected chi connectivity index (χ3v) is 7.11. The summed E-state index contributed by atoms with van der Waals surface area (Å²) in [6.45, 7) is -0.256. The zero-order valence-corrected chi connectivity index (χ0v) is 15.7. The Morgan fingerprint density at radius 3 is 2.32 bits per heavy atom. The predicted molar refractivity (Wildman–Crippen MR) is 96.3 cm³/mol. The number of amides is 1. The summed E-state index contributed by atoms with van der Waals surface area (Å²) in [6, 6.07) is 0. The lowest BCUT2D eigenvalue weighted by atomic mass is 9.53. The molecule has 0 atom stereocenters. The smallest absolute Gasteiger partial charge is 0.348 e. The summed E-state index contributed by atoms with van der Waals surface area (Å²) in [5.41, 5.74) is -0.296. The summed E-state index contributed by atoms with van der Waals surface area (Å²) in [7, 11) is 0. The van der Waals surface area contributed by atoms with Crippen molar-refractivity contribution in [3.8, 4) is 5.88 Å². The standard InChI is InChI=1S/C20H25F2N3O3/c21-20(22)7-14(8-20)15-9-23-18(27)24-17(15)28-10-16(26)25-19-4-11-1-12(5-19)3-13(2-11)6-19/h9,11-14H,1-8,10H2,(H,25,26)(H,23,24,27). The number of hydrogen-bond acceptors (Lipinski definition) is 4. The number of hydrogen-bond donors (Lipinski definition) is 2. The van der Waals surface area contributed by atoms with E-state index in [9.17, 15) is 18.4 Å². The molecule has 0 saturated heterocycles. The third kappa shape index (κ3) is 3.31. The topological polar surface area (TPSA) is 84.1 Å². The van der Waals surface area contributed by atoms with Crippen LogP contribution in [0.15, 0.2) is 11.0 Å². The van der Waals surface area contributed by atoms with Crippen LogP contribution in [0.5, 0.6) is 5.88 Å². The Hall–Kier alpha value is -1.99. The molecule has 5 aliphatic carbocycles. The van der Waals surface area contributed by atoms with Gasteiger partial charge in [0.1, 0.15) is 0 Å². The van der Waals surface area contributed by atoms with E-state index in [1.165, 1.54) is 25.5 Å². The summed E-state index contributed by atoms with van der Waals surface area (Å²) in [4.78, 5) is 30.3. The van der Waals surface area contributed by atoms with Gasteiger partial charge in [0.25, 0.3) is 5.91 Å². The van der Waals surface area contributed by atoms with Crippen LogP contribution in [-0.4, -0.2) is 33.9 Å². The molecule has 5 saturated carbocycles. The quantitative estimate of drug-likeness (QED) is 0.806. The molecule has 1 aromatic rings. The van der Waals surface area contributed by atoms with Gasteiger partial charge in [0.05, 0.1) is 0 Å². The van der Waals surface area contributed by atoms with Crippen molar-refractivity contribution >= 4 is 5.91 Å².